The summed E-state index contributed by atoms with van der Waals surface area (Å²) in [5.74, 6) is -0.474. The van der Waals surface area contributed by atoms with Crippen LogP contribution >= 0.6 is 27.5 Å². The fraction of sp³-hybridized carbons (Fsp3) is 0.208. The molecule has 8 heteroatoms. The molecule has 0 bridgehead atoms. The third kappa shape index (κ3) is 5.72. The summed E-state index contributed by atoms with van der Waals surface area (Å²) >= 11 is 9.61. The molecule has 0 radical (unpaired) electrons. The maximum atomic E-state index is 14.1. The first-order chi connectivity index (χ1) is 15.3. The van der Waals surface area contributed by atoms with Crippen LogP contribution < -0.4 is 14.8 Å². The van der Waals surface area contributed by atoms with Crippen molar-refractivity contribution in [1.29, 1.82) is 0 Å². The molecule has 0 heterocycles. The third-order valence-electron chi connectivity index (χ3n) is 4.76. The van der Waals surface area contributed by atoms with Gasteiger partial charge in [0.1, 0.15) is 12.4 Å². The second-order valence-electron chi connectivity index (χ2n) is 7.02. The highest BCUT2D eigenvalue weighted by molar-refractivity contribution is 9.10. The number of aryl methyl sites for hydroxylation is 1. The molecule has 3 aromatic rings. The van der Waals surface area contributed by atoms with Gasteiger partial charge in [0, 0.05) is 17.8 Å². The van der Waals surface area contributed by atoms with Gasteiger partial charge < -0.3 is 19.9 Å². The van der Waals surface area contributed by atoms with E-state index < -0.39 is 11.8 Å². The fourth-order valence-corrected chi connectivity index (χ4v) is 3.91. The van der Waals surface area contributed by atoms with E-state index in [0.29, 0.717) is 34.1 Å². The Morgan fingerprint density at radius 2 is 1.97 bits per heavy atom. The van der Waals surface area contributed by atoms with Crippen LogP contribution in [0.4, 0.5) is 10.1 Å². The van der Waals surface area contributed by atoms with Crippen molar-refractivity contribution < 1.29 is 23.8 Å². The molecule has 0 unspecified atom stereocenters. The van der Waals surface area contributed by atoms with Gasteiger partial charge in [0.25, 0.3) is 0 Å². The molecule has 0 atom stereocenters. The summed E-state index contributed by atoms with van der Waals surface area (Å²) in [5.41, 5.74) is 3.03. The molecule has 3 aromatic carbocycles. The van der Waals surface area contributed by atoms with E-state index in [1.165, 1.54) is 6.07 Å². The number of nitrogens with one attached hydrogen (secondary N) is 1. The van der Waals surface area contributed by atoms with Gasteiger partial charge in [-0.05, 0) is 77.3 Å². The summed E-state index contributed by atoms with van der Waals surface area (Å²) in [6, 6.07) is 13.1. The first-order valence-corrected chi connectivity index (χ1v) is 11.1. The van der Waals surface area contributed by atoms with Crippen LogP contribution in [0.2, 0.25) is 5.02 Å². The maximum Gasteiger partial charge on any atom is 0.335 e. The van der Waals surface area contributed by atoms with Crippen molar-refractivity contribution in [2.24, 2.45) is 0 Å². The molecule has 2 N–H and O–H groups in total. The summed E-state index contributed by atoms with van der Waals surface area (Å²) in [6.07, 6.45) is 0. The zero-order chi connectivity index (χ0) is 23.3. The number of carbonyl (C=O) groups is 1. The average Bonchev–Trinajstić information content (AvgIpc) is 2.74. The molecule has 0 saturated carbocycles. The highest BCUT2D eigenvalue weighted by Crippen LogP contribution is 2.38. The van der Waals surface area contributed by atoms with E-state index in [2.05, 4.69) is 21.2 Å². The predicted octanol–water partition coefficient (Wildman–Crippen LogP) is 6.84. The molecular weight excluding hydrogens is 501 g/mol. The van der Waals surface area contributed by atoms with E-state index in [-0.39, 0.29) is 17.7 Å². The molecule has 0 aromatic heterocycles. The topological polar surface area (TPSA) is 67.8 Å². The lowest BCUT2D eigenvalue weighted by Gasteiger charge is -2.17. The number of halogens is 3. The Morgan fingerprint density at radius 3 is 2.66 bits per heavy atom. The molecule has 5 nitrogen and oxygen atoms in total. The maximum absolute atomic E-state index is 14.1. The SMILES string of the molecule is CCOc1cc(CNc2cc(C(=O)O)ccc2C)cc(Br)c1OCc1c(F)cccc1Cl. The molecule has 0 fully saturated rings. The Bertz CT molecular complexity index is 1120. The third-order valence-corrected chi connectivity index (χ3v) is 5.70. The Morgan fingerprint density at radius 1 is 1.19 bits per heavy atom. The molecule has 0 amide bonds. The quantitative estimate of drug-likeness (QED) is 0.322. The second-order valence-corrected chi connectivity index (χ2v) is 8.28. The number of benzene rings is 3. The highest BCUT2D eigenvalue weighted by Gasteiger charge is 2.15. The van der Waals surface area contributed by atoms with Crippen molar-refractivity contribution in [2.45, 2.75) is 27.0 Å². The van der Waals surface area contributed by atoms with Gasteiger partial charge in [-0.1, -0.05) is 23.7 Å². The average molecular weight is 523 g/mol. The molecule has 168 valence electrons. The summed E-state index contributed by atoms with van der Waals surface area (Å²) in [5, 5.41) is 12.8. The van der Waals surface area contributed by atoms with E-state index in [4.69, 9.17) is 21.1 Å². The minimum Gasteiger partial charge on any atom is -0.490 e. The van der Waals surface area contributed by atoms with Gasteiger partial charge in [0.2, 0.25) is 0 Å². The van der Waals surface area contributed by atoms with E-state index in [9.17, 15) is 14.3 Å². The van der Waals surface area contributed by atoms with Crippen LogP contribution in [-0.2, 0) is 13.2 Å². The first kappa shape index (κ1) is 23.9. The number of rotatable bonds is 9. The molecule has 0 aliphatic heterocycles. The second kappa shape index (κ2) is 10.7. The zero-order valence-corrected chi connectivity index (χ0v) is 19.9. The van der Waals surface area contributed by atoms with Gasteiger partial charge in [0.15, 0.2) is 11.5 Å². The Kier molecular flexibility index (Phi) is 7.99. The van der Waals surface area contributed by atoms with E-state index in [1.807, 2.05) is 26.0 Å². The van der Waals surface area contributed by atoms with Gasteiger partial charge in [0.05, 0.1) is 21.7 Å². The van der Waals surface area contributed by atoms with Crippen molar-refractivity contribution in [3.05, 3.63) is 86.1 Å². The van der Waals surface area contributed by atoms with Crippen molar-refractivity contribution in [2.75, 3.05) is 11.9 Å². The van der Waals surface area contributed by atoms with Crippen LogP contribution in [0.3, 0.4) is 0 Å². The van der Waals surface area contributed by atoms with Crippen molar-refractivity contribution in [3.63, 3.8) is 0 Å². The van der Waals surface area contributed by atoms with Gasteiger partial charge in [-0.2, -0.15) is 0 Å². The number of hydrogen-bond donors (Lipinski definition) is 2. The van der Waals surface area contributed by atoms with Crippen LogP contribution in [0.15, 0.2) is 53.0 Å². The molecule has 0 spiro atoms. The summed E-state index contributed by atoms with van der Waals surface area (Å²) in [7, 11) is 0. The monoisotopic (exact) mass is 521 g/mol. The molecule has 0 saturated heterocycles. The molecule has 32 heavy (non-hydrogen) atoms. The zero-order valence-electron chi connectivity index (χ0n) is 17.5. The van der Waals surface area contributed by atoms with Gasteiger partial charge in [-0.25, -0.2) is 9.18 Å². The lowest BCUT2D eigenvalue weighted by atomic mass is 10.1. The van der Waals surface area contributed by atoms with E-state index in [0.717, 1.165) is 16.8 Å². The van der Waals surface area contributed by atoms with Crippen molar-refractivity contribution in [1.82, 2.24) is 0 Å². The largest absolute Gasteiger partial charge is 0.490 e. The van der Waals surface area contributed by atoms with Gasteiger partial charge in [-0.3, -0.25) is 0 Å². The van der Waals surface area contributed by atoms with Crippen LogP contribution in [0.1, 0.15) is 34.0 Å². The minimum atomic E-state index is -0.981. The van der Waals surface area contributed by atoms with Crippen molar-refractivity contribution >= 4 is 39.2 Å². The first-order valence-electron chi connectivity index (χ1n) is 9.88. The van der Waals surface area contributed by atoms with Crippen LogP contribution in [0.25, 0.3) is 0 Å². The van der Waals surface area contributed by atoms with Crippen molar-refractivity contribution in [3.8, 4) is 11.5 Å². The molecule has 0 aliphatic rings. The fourth-order valence-electron chi connectivity index (χ4n) is 3.08. The molecular formula is C24H22BrClFNO4. The lowest BCUT2D eigenvalue weighted by Crippen LogP contribution is -2.06. The van der Waals surface area contributed by atoms with Crippen LogP contribution in [0, 0.1) is 12.7 Å². The molecule has 3 rings (SSSR count). The number of carboxylic acids is 1. The predicted molar refractivity (Wildman–Crippen MR) is 127 cm³/mol. The minimum absolute atomic E-state index is 0.0526. The van der Waals surface area contributed by atoms with E-state index >= 15 is 0 Å². The summed E-state index contributed by atoms with van der Waals surface area (Å²) in [6.45, 7) is 4.56. The Balaban J connectivity index is 1.81. The van der Waals surface area contributed by atoms with Crippen LogP contribution in [0.5, 0.6) is 11.5 Å². The highest BCUT2D eigenvalue weighted by atomic mass is 79.9. The number of anilines is 1. The lowest BCUT2D eigenvalue weighted by molar-refractivity contribution is 0.0697. The normalized spacial score (nSPS) is 10.7. The summed E-state index contributed by atoms with van der Waals surface area (Å²) in [4.78, 5) is 11.2. The standard InChI is InChI=1S/C24H22BrClFNO4/c1-3-31-22-10-15(12-28-21-11-16(24(29)30)8-7-14(21)2)9-18(25)23(22)32-13-17-19(26)5-4-6-20(17)27/h4-11,28H,3,12-13H2,1-2H3,(H,29,30). The van der Waals surface area contributed by atoms with E-state index in [1.54, 1.807) is 30.3 Å². The summed E-state index contributed by atoms with van der Waals surface area (Å²) < 4.78 is 26.3. The Hall–Kier alpha value is -2.77. The molecule has 0 aliphatic carbocycles. The number of ether oxygens (including phenoxy) is 2. The van der Waals surface area contributed by atoms with Crippen LogP contribution in [-0.4, -0.2) is 17.7 Å². The Labute approximate surface area is 199 Å². The van der Waals surface area contributed by atoms with Gasteiger partial charge in [-0.15, -0.1) is 0 Å². The number of hydrogen-bond acceptors (Lipinski definition) is 4. The number of carboxylic acid groups (broad SMARTS) is 1. The number of aromatic carboxylic acids is 1. The van der Waals surface area contributed by atoms with Gasteiger partial charge >= 0.3 is 5.97 Å². The smallest absolute Gasteiger partial charge is 0.335 e.